The number of ether oxygens (including phenoxy) is 1. The smallest absolute Gasteiger partial charge is 0.333 e. The maximum Gasteiger partial charge on any atom is 0.333 e. The summed E-state index contributed by atoms with van der Waals surface area (Å²) in [5.41, 5.74) is 0.803. The number of rotatable bonds is 3. The third-order valence-corrected chi connectivity index (χ3v) is 2.70. The maximum atomic E-state index is 11.8. The monoisotopic (exact) mass is 249 g/mol. The van der Waals surface area contributed by atoms with E-state index >= 15 is 0 Å². The SMILES string of the molecule is COC(=O)C(c1ccccc1)n1cn[nH]c1=S. The summed E-state index contributed by atoms with van der Waals surface area (Å²) in [7, 11) is 1.35. The zero-order valence-corrected chi connectivity index (χ0v) is 9.98. The van der Waals surface area contributed by atoms with Gasteiger partial charge >= 0.3 is 5.97 Å². The first-order valence-electron chi connectivity index (χ1n) is 4.98. The van der Waals surface area contributed by atoms with Gasteiger partial charge in [-0.2, -0.15) is 5.10 Å². The summed E-state index contributed by atoms with van der Waals surface area (Å²) >= 11 is 5.07. The van der Waals surface area contributed by atoms with E-state index in [1.807, 2.05) is 30.3 Å². The highest BCUT2D eigenvalue weighted by Gasteiger charge is 2.23. The van der Waals surface area contributed by atoms with Crippen molar-refractivity contribution in [3.05, 3.63) is 47.0 Å². The molecule has 0 fully saturated rings. The van der Waals surface area contributed by atoms with Gasteiger partial charge < -0.3 is 4.74 Å². The van der Waals surface area contributed by atoms with Gasteiger partial charge in [0.2, 0.25) is 0 Å². The van der Waals surface area contributed by atoms with Crippen LogP contribution in [0.2, 0.25) is 0 Å². The molecule has 1 heterocycles. The van der Waals surface area contributed by atoms with Crippen LogP contribution in [0.25, 0.3) is 0 Å². The number of nitrogens with zero attached hydrogens (tertiary/aromatic N) is 2. The molecule has 2 aromatic rings. The van der Waals surface area contributed by atoms with E-state index in [1.54, 1.807) is 4.57 Å². The molecule has 6 heteroatoms. The van der Waals surface area contributed by atoms with Crippen molar-refractivity contribution in [1.29, 1.82) is 0 Å². The van der Waals surface area contributed by atoms with E-state index in [4.69, 9.17) is 17.0 Å². The van der Waals surface area contributed by atoms with Gasteiger partial charge in [0.15, 0.2) is 10.8 Å². The number of aromatic nitrogens is 3. The number of hydrogen-bond acceptors (Lipinski definition) is 4. The third-order valence-electron chi connectivity index (χ3n) is 2.39. The molecule has 0 saturated carbocycles. The lowest BCUT2D eigenvalue weighted by atomic mass is 10.1. The van der Waals surface area contributed by atoms with Crippen LogP contribution < -0.4 is 0 Å². The van der Waals surface area contributed by atoms with Crippen molar-refractivity contribution in [2.45, 2.75) is 6.04 Å². The predicted octanol–water partition coefficient (Wildman–Crippen LogP) is 1.70. The second-order valence-corrected chi connectivity index (χ2v) is 3.79. The van der Waals surface area contributed by atoms with Crippen molar-refractivity contribution < 1.29 is 9.53 Å². The lowest BCUT2D eigenvalue weighted by Crippen LogP contribution is -2.21. The van der Waals surface area contributed by atoms with Gasteiger partial charge in [-0.1, -0.05) is 30.3 Å². The molecule has 5 nitrogen and oxygen atoms in total. The van der Waals surface area contributed by atoms with Crippen LogP contribution in [0.4, 0.5) is 0 Å². The van der Waals surface area contributed by atoms with E-state index < -0.39 is 6.04 Å². The standard InChI is InChI=1S/C11H11N3O2S/c1-16-10(15)9(8-5-3-2-4-6-8)14-7-12-13-11(14)17/h2-7,9H,1H3,(H,13,17). The highest BCUT2D eigenvalue weighted by molar-refractivity contribution is 7.71. The molecular formula is C11H11N3O2S. The van der Waals surface area contributed by atoms with Crippen LogP contribution in [0.1, 0.15) is 11.6 Å². The molecule has 1 unspecified atom stereocenters. The average molecular weight is 249 g/mol. The Morgan fingerprint density at radius 2 is 2.18 bits per heavy atom. The Morgan fingerprint density at radius 1 is 1.47 bits per heavy atom. The zero-order valence-electron chi connectivity index (χ0n) is 9.16. The molecule has 0 aliphatic rings. The average Bonchev–Trinajstić information content (AvgIpc) is 2.77. The van der Waals surface area contributed by atoms with Crippen LogP contribution in [0.3, 0.4) is 0 Å². The maximum absolute atomic E-state index is 11.8. The highest BCUT2D eigenvalue weighted by Crippen LogP contribution is 2.19. The van der Waals surface area contributed by atoms with Crippen molar-refractivity contribution in [2.75, 3.05) is 7.11 Å². The molecule has 0 aliphatic heterocycles. The van der Waals surface area contributed by atoms with E-state index in [-0.39, 0.29) is 5.97 Å². The van der Waals surface area contributed by atoms with Crippen LogP contribution in [-0.4, -0.2) is 27.8 Å². The van der Waals surface area contributed by atoms with Crippen LogP contribution >= 0.6 is 12.2 Å². The van der Waals surface area contributed by atoms with Crippen LogP contribution in [0.15, 0.2) is 36.7 Å². The first-order valence-corrected chi connectivity index (χ1v) is 5.39. The number of esters is 1. The van der Waals surface area contributed by atoms with E-state index in [0.717, 1.165) is 5.56 Å². The number of benzene rings is 1. The number of aromatic amines is 1. The fourth-order valence-corrected chi connectivity index (χ4v) is 1.80. The normalized spacial score (nSPS) is 12.1. The summed E-state index contributed by atoms with van der Waals surface area (Å²) in [6, 6.07) is 8.68. The van der Waals surface area contributed by atoms with Gasteiger partial charge in [-0.3, -0.25) is 9.67 Å². The molecule has 0 bridgehead atoms. The second-order valence-electron chi connectivity index (χ2n) is 3.41. The first-order chi connectivity index (χ1) is 8.24. The van der Waals surface area contributed by atoms with Crippen LogP contribution in [0.5, 0.6) is 0 Å². The predicted molar refractivity (Wildman–Crippen MR) is 64.0 cm³/mol. The molecule has 0 saturated heterocycles. The number of hydrogen-bond donors (Lipinski definition) is 1. The first kappa shape index (κ1) is 11.5. The van der Waals surface area contributed by atoms with Crippen molar-refractivity contribution in [2.24, 2.45) is 0 Å². The molecule has 0 amide bonds. The molecule has 0 radical (unpaired) electrons. The van der Waals surface area contributed by atoms with E-state index in [0.29, 0.717) is 4.77 Å². The van der Waals surface area contributed by atoms with Gasteiger partial charge in [0, 0.05) is 0 Å². The molecule has 1 N–H and O–H groups in total. The Morgan fingerprint density at radius 3 is 2.71 bits per heavy atom. The quantitative estimate of drug-likeness (QED) is 0.664. The lowest BCUT2D eigenvalue weighted by molar-refractivity contribution is -0.143. The number of methoxy groups -OCH3 is 1. The van der Waals surface area contributed by atoms with Gasteiger partial charge in [0.1, 0.15) is 6.33 Å². The fourth-order valence-electron chi connectivity index (χ4n) is 1.60. The van der Waals surface area contributed by atoms with Crippen LogP contribution in [0, 0.1) is 4.77 Å². The molecule has 1 atom stereocenters. The number of nitrogens with one attached hydrogen (secondary N) is 1. The Balaban J connectivity index is 2.51. The fraction of sp³-hybridized carbons (Fsp3) is 0.182. The Bertz CT molecular complexity index is 561. The molecule has 0 spiro atoms. The van der Waals surface area contributed by atoms with Gasteiger partial charge in [-0.15, -0.1) is 0 Å². The number of carbonyl (C=O) groups is 1. The summed E-state index contributed by atoms with van der Waals surface area (Å²) in [5.74, 6) is -0.381. The molecule has 1 aromatic heterocycles. The van der Waals surface area contributed by atoms with Gasteiger partial charge in [0.05, 0.1) is 7.11 Å². The summed E-state index contributed by atoms with van der Waals surface area (Å²) in [6.07, 6.45) is 1.48. The summed E-state index contributed by atoms with van der Waals surface area (Å²) in [4.78, 5) is 11.8. The minimum Gasteiger partial charge on any atom is -0.467 e. The molecule has 17 heavy (non-hydrogen) atoms. The summed E-state index contributed by atoms with van der Waals surface area (Å²) in [5, 5.41) is 6.43. The molecule has 1 aromatic carbocycles. The highest BCUT2D eigenvalue weighted by atomic mass is 32.1. The zero-order chi connectivity index (χ0) is 12.3. The van der Waals surface area contributed by atoms with E-state index in [9.17, 15) is 4.79 Å². The van der Waals surface area contributed by atoms with Gasteiger partial charge in [0.25, 0.3) is 0 Å². The van der Waals surface area contributed by atoms with Gasteiger partial charge in [-0.05, 0) is 17.8 Å². The second kappa shape index (κ2) is 4.92. The molecule has 88 valence electrons. The van der Waals surface area contributed by atoms with Crippen molar-refractivity contribution in [3.8, 4) is 0 Å². The lowest BCUT2D eigenvalue weighted by Gasteiger charge is -2.15. The molecule has 2 rings (SSSR count). The Hall–Kier alpha value is -1.95. The van der Waals surface area contributed by atoms with E-state index in [2.05, 4.69) is 10.2 Å². The van der Waals surface area contributed by atoms with Gasteiger partial charge in [-0.25, -0.2) is 4.79 Å². The third kappa shape index (κ3) is 2.26. The van der Waals surface area contributed by atoms with E-state index in [1.165, 1.54) is 13.4 Å². The Labute approximate surface area is 103 Å². The van der Waals surface area contributed by atoms with Crippen molar-refractivity contribution in [1.82, 2.24) is 14.8 Å². The summed E-state index contributed by atoms with van der Waals surface area (Å²) < 4.78 is 6.74. The number of H-pyrrole nitrogens is 1. The van der Waals surface area contributed by atoms with Crippen LogP contribution in [-0.2, 0) is 9.53 Å². The minimum absolute atomic E-state index is 0.379. The molecular weight excluding hydrogens is 238 g/mol. The topological polar surface area (TPSA) is 59.9 Å². The van der Waals surface area contributed by atoms with Crippen molar-refractivity contribution in [3.63, 3.8) is 0 Å². The largest absolute Gasteiger partial charge is 0.467 e. The Kier molecular flexibility index (Phi) is 3.34. The minimum atomic E-state index is -0.604. The summed E-state index contributed by atoms with van der Waals surface area (Å²) in [6.45, 7) is 0. The van der Waals surface area contributed by atoms with Crippen molar-refractivity contribution >= 4 is 18.2 Å². The number of carbonyl (C=O) groups excluding carboxylic acids is 1. The molecule has 0 aliphatic carbocycles.